The molecule has 2 bridgehead atoms. The normalized spacial score (nSPS) is 34.1. The van der Waals surface area contributed by atoms with Crippen LogP contribution in [0.5, 0.6) is 0 Å². The molecule has 3 unspecified atom stereocenters. The van der Waals surface area contributed by atoms with Crippen LogP contribution < -0.4 is 0 Å². The molecule has 1 saturated carbocycles. The summed E-state index contributed by atoms with van der Waals surface area (Å²) in [4.78, 5) is 46.6. The van der Waals surface area contributed by atoms with Crippen LogP contribution in [0.4, 0.5) is 0 Å². The van der Waals surface area contributed by atoms with Crippen LogP contribution in [0.25, 0.3) is 0 Å². The van der Waals surface area contributed by atoms with Gasteiger partial charge >= 0.3 is 0 Å². The number of alkyl halides is 1. The molecule has 4 aliphatic rings. The summed E-state index contributed by atoms with van der Waals surface area (Å²) in [7, 11) is 1.70. The second kappa shape index (κ2) is 10.7. The molecule has 35 heavy (non-hydrogen) atoms. The molecule has 6 atom stereocenters. The van der Waals surface area contributed by atoms with Gasteiger partial charge in [0.15, 0.2) is 0 Å². The van der Waals surface area contributed by atoms with Gasteiger partial charge in [-0.15, -0.1) is 13.2 Å². The van der Waals surface area contributed by atoms with Crippen LogP contribution in [-0.4, -0.2) is 99.4 Å². The van der Waals surface area contributed by atoms with E-state index in [9.17, 15) is 19.5 Å². The van der Waals surface area contributed by atoms with Gasteiger partial charge < -0.3 is 24.5 Å². The average molecular weight is 553 g/mol. The predicted molar refractivity (Wildman–Crippen MR) is 136 cm³/mol. The summed E-state index contributed by atoms with van der Waals surface area (Å²) < 4.78 is 6.57. The molecule has 1 N–H and O–H groups in total. The van der Waals surface area contributed by atoms with Gasteiger partial charge in [0.2, 0.25) is 17.7 Å². The quantitative estimate of drug-likeness (QED) is 0.331. The number of ether oxygens (including phenoxy) is 1. The van der Waals surface area contributed by atoms with Gasteiger partial charge in [0, 0.05) is 44.2 Å². The van der Waals surface area contributed by atoms with Crippen molar-refractivity contribution in [1.29, 1.82) is 0 Å². The van der Waals surface area contributed by atoms with E-state index in [-0.39, 0.29) is 41.7 Å². The van der Waals surface area contributed by atoms with Crippen molar-refractivity contribution >= 4 is 33.7 Å². The third-order valence-corrected chi connectivity index (χ3v) is 9.11. The second-order valence-electron chi connectivity index (χ2n) is 10.4. The fourth-order valence-electron chi connectivity index (χ4n) is 6.82. The number of carbonyl (C=O) groups is 3. The number of carbonyl (C=O) groups excluding carboxylic acids is 3. The van der Waals surface area contributed by atoms with Gasteiger partial charge in [-0.2, -0.15) is 0 Å². The maximum atomic E-state index is 14.3. The molecule has 4 rings (SSSR count). The standard InChI is InChI=1S/C26H38BrN3O5/c1-4-12-28(3)23(32)19-20-24(33)30(14-9-15-31)22(26(20)16-18(27)21(19)35-26)25(34)29(13-5-2)17-10-7-6-8-11-17/h4-5,17-22,31H,1-2,6-16H2,3H3/t18?,19-,20-,21-,22?,26?/m0/s1. The Kier molecular flexibility index (Phi) is 8.08. The van der Waals surface area contributed by atoms with Crippen LogP contribution in [0.3, 0.4) is 0 Å². The van der Waals surface area contributed by atoms with Crippen LogP contribution >= 0.6 is 15.9 Å². The highest BCUT2D eigenvalue weighted by atomic mass is 79.9. The maximum absolute atomic E-state index is 14.3. The van der Waals surface area contributed by atoms with Crippen molar-refractivity contribution in [3.63, 3.8) is 0 Å². The van der Waals surface area contributed by atoms with Crippen molar-refractivity contribution in [2.75, 3.05) is 33.3 Å². The minimum absolute atomic E-state index is 0.0870. The SMILES string of the molecule is C=CCN(C)C(=O)[C@H]1[C@H]2C(=O)N(CCCO)C(C(=O)N(CC=C)C3CCCCC3)C23CC(Br)[C@@H]1O3. The van der Waals surface area contributed by atoms with Crippen LogP contribution in [-0.2, 0) is 19.1 Å². The molecule has 9 heteroatoms. The minimum atomic E-state index is -1.06. The zero-order valence-electron chi connectivity index (χ0n) is 20.6. The lowest BCUT2D eigenvalue weighted by atomic mass is 9.70. The molecule has 0 radical (unpaired) electrons. The Balaban J connectivity index is 1.73. The van der Waals surface area contributed by atoms with Crippen molar-refractivity contribution in [1.82, 2.24) is 14.7 Å². The van der Waals surface area contributed by atoms with E-state index in [0.717, 1.165) is 25.7 Å². The monoisotopic (exact) mass is 551 g/mol. The van der Waals surface area contributed by atoms with E-state index in [2.05, 4.69) is 29.1 Å². The van der Waals surface area contributed by atoms with Gasteiger partial charge in [-0.1, -0.05) is 47.3 Å². The summed E-state index contributed by atoms with van der Waals surface area (Å²) in [6.45, 7) is 8.55. The first-order chi connectivity index (χ1) is 16.8. The van der Waals surface area contributed by atoms with Gasteiger partial charge in [0.25, 0.3) is 0 Å². The average Bonchev–Trinajstić information content (AvgIpc) is 3.44. The minimum Gasteiger partial charge on any atom is -0.396 e. The summed E-state index contributed by atoms with van der Waals surface area (Å²) >= 11 is 3.71. The van der Waals surface area contributed by atoms with Crippen molar-refractivity contribution in [2.45, 2.75) is 73.6 Å². The molecule has 194 valence electrons. The molecule has 3 saturated heterocycles. The van der Waals surface area contributed by atoms with E-state index in [1.54, 1.807) is 29.0 Å². The summed E-state index contributed by atoms with van der Waals surface area (Å²) in [5, 5.41) is 9.53. The molecule has 0 aromatic rings. The number of fused-ring (bicyclic) bond motifs is 1. The van der Waals surface area contributed by atoms with E-state index in [1.807, 2.05) is 4.90 Å². The molecule has 3 aliphatic heterocycles. The zero-order chi connectivity index (χ0) is 25.3. The van der Waals surface area contributed by atoms with Gasteiger partial charge in [0.1, 0.15) is 11.6 Å². The number of amides is 3. The Morgan fingerprint density at radius 1 is 1.20 bits per heavy atom. The molecular formula is C26H38BrN3O5. The van der Waals surface area contributed by atoms with Gasteiger partial charge in [0.05, 0.1) is 17.9 Å². The Labute approximate surface area is 216 Å². The van der Waals surface area contributed by atoms with Gasteiger partial charge in [-0.25, -0.2) is 0 Å². The molecule has 4 fully saturated rings. The first-order valence-electron chi connectivity index (χ1n) is 12.8. The number of likely N-dealkylation sites (tertiary alicyclic amines) is 1. The number of aliphatic hydroxyl groups excluding tert-OH is 1. The summed E-state index contributed by atoms with van der Waals surface area (Å²) in [6, 6.07) is -0.713. The first-order valence-corrected chi connectivity index (χ1v) is 13.7. The van der Waals surface area contributed by atoms with Crippen LogP contribution in [0, 0.1) is 11.8 Å². The number of likely N-dealkylation sites (N-methyl/N-ethyl adjacent to an activating group) is 1. The third-order valence-electron chi connectivity index (χ3n) is 8.27. The van der Waals surface area contributed by atoms with Crippen molar-refractivity contribution in [3.05, 3.63) is 25.3 Å². The highest BCUT2D eigenvalue weighted by molar-refractivity contribution is 9.09. The molecule has 3 heterocycles. The molecule has 0 aromatic carbocycles. The summed E-state index contributed by atoms with van der Waals surface area (Å²) in [6.07, 6.45) is 8.96. The van der Waals surface area contributed by atoms with E-state index in [1.165, 1.54) is 6.42 Å². The number of nitrogens with zero attached hydrogens (tertiary/aromatic N) is 3. The Bertz CT molecular complexity index is 862. The van der Waals surface area contributed by atoms with Gasteiger partial charge in [-0.3, -0.25) is 14.4 Å². The van der Waals surface area contributed by atoms with E-state index in [4.69, 9.17) is 4.74 Å². The Morgan fingerprint density at radius 2 is 1.89 bits per heavy atom. The Hall–Kier alpha value is -1.71. The molecule has 3 amide bonds. The largest absolute Gasteiger partial charge is 0.396 e. The topological polar surface area (TPSA) is 90.4 Å². The predicted octanol–water partition coefficient (Wildman–Crippen LogP) is 2.11. The summed E-state index contributed by atoms with van der Waals surface area (Å²) in [5.74, 6) is -1.89. The molecule has 8 nitrogen and oxygen atoms in total. The van der Waals surface area contributed by atoms with Crippen molar-refractivity contribution in [3.8, 4) is 0 Å². The number of hydrogen-bond acceptors (Lipinski definition) is 5. The van der Waals surface area contributed by atoms with Crippen molar-refractivity contribution in [2.24, 2.45) is 11.8 Å². The highest BCUT2D eigenvalue weighted by Crippen LogP contribution is 2.60. The fraction of sp³-hybridized carbons (Fsp3) is 0.731. The zero-order valence-corrected chi connectivity index (χ0v) is 22.2. The highest BCUT2D eigenvalue weighted by Gasteiger charge is 2.76. The maximum Gasteiger partial charge on any atom is 0.248 e. The number of aliphatic hydroxyl groups is 1. The lowest BCUT2D eigenvalue weighted by Gasteiger charge is -2.41. The van der Waals surface area contributed by atoms with E-state index >= 15 is 0 Å². The van der Waals surface area contributed by atoms with Crippen LogP contribution in [0.15, 0.2) is 25.3 Å². The number of hydrogen-bond donors (Lipinski definition) is 1. The Morgan fingerprint density at radius 3 is 2.51 bits per heavy atom. The molecular weight excluding hydrogens is 514 g/mol. The van der Waals surface area contributed by atoms with Gasteiger partial charge in [-0.05, 0) is 25.7 Å². The number of halogens is 1. The lowest BCUT2D eigenvalue weighted by molar-refractivity contribution is -0.150. The fourth-order valence-corrected chi connectivity index (χ4v) is 7.76. The lowest BCUT2D eigenvalue weighted by Crippen LogP contribution is -2.58. The van der Waals surface area contributed by atoms with Crippen LogP contribution in [0.2, 0.25) is 0 Å². The van der Waals surface area contributed by atoms with Crippen LogP contribution in [0.1, 0.15) is 44.9 Å². The van der Waals surface area contributed by atoms with E-state index in [0.29, 0.717) is 25.9 Å². The smallest absolute Gasteiger partial charge is 0.248 e. The number of rotatable bonds is 10. The second-order valence-corrected chi connectivity index (χ2v) is 11.5. The first kappa shape index (κ1) is 26.4. The summed E-state index contributed by atoms with van der Waals surface area (Å²) in [5.41, 5.74) is -1.06. The molecule has 0 aromatic heterocycles. The van der Waals surface area contributed by atoms with E-state index < -0.39 is 29.6 Å². The molecule has 1 spiro atoms. The van der Waals surface area contributed by atoms with Crippen molar-refractivity contribution < 1.29 is 24.2 Å². The third kappa shape index (κ3) is 4.37. The molecule has 1 aliphatic carbocycles.